The van der Waals surface area contributed by atoms with Crippen LogP contribution < -0.4 is 20.2 Å². The lowest BCUT2D eigenvalue weighted by atomic mass is 10.2. The predicted molar refractivity (Wildman–Crippen MR) is 117 cm³/mol. The highest BCUT2D eigenvalue weighted by Gasteiger charge is 2.16. The minimum absolute atomic E-state index is 0.0225. The number of furan rings is 1. The van der Waals surface area contributed by atoms with Gasteiger partial charge >= 0.3 is 0 Å². The number of fused-ring (bicyclic) bond motifs is 1. The van der Waals surface area contributed by atoms with E-state index in [1.165, 1.54) is 18.6 Å². The molecule has 0 fully saturated rings. The molecule has 1 aliphatic rings. The monoisotopic (exact) mass is 481 g/mol. The van der Waals surface area contributed by atoms with E-state index in [9.17, 15) is 9.59 Å². The van der Waals surface area contributed by atoms with Gasteiger partial charge in [0, 0.05) is 16.1 Å². The molecular weight excluding hydrogens is 466 g/mol. The number of carbonyl (C=O) groups is 2. The number of carbonyl (C=O) groups excluding carboxylic acids is 2. The summed E-state index contributed by atoms with van der Waals surface area (Å²) in [5.41, 5.74) is 3.48. The molecule has 0 spiro atoms. The smallest absolute Gasteiger partial charge is 0.288 e. The lowest BCUT2D eigenvalue weighted by molar-refractivity contribution is -0.117. The Morgan fingerprint density at radius 2 is 1.84 bits per heavy atom. The van der Waals surface area contributed by atoms with Crippen LogP contribution >= 0.6 is 15.9 Å². The first-order valence-electron chi connectivity index (χ1n) is 9.14. The Hall–Kier alpha value is -3.85. The Morgan fingerprint density at radius 3 is 2.61 bits per heavy atom. The van der Waals surface area contributed by atoms with Crippen LogP contribution in [0.25, 0.3) is 6.08 Å². The van der Waals surface area contributed by atoms with Crippen molar-refractivity contribution in [3.8, 4) is 11.5 Å². The van der Waals surface area contributed by atoms with E-state index in [0.29, 0.717) is 28.4 Å². The molecule has 8 nitrogen and oxygen atoms in total. The maximum atomic E-state index is 12.7. The van der Waals surface area contributed by atoms with Gasteiger partial charge in [0.25, 0.3) is 11.8 Å². The van der Waals surface area contributed by atoms with Crippen molar-refractivity contribution in [2.75, 3.05) is 6.79 Å². The molecule has 2 amide bonds. The first-order valence-corrected chi connectivity index (χ1v) is 9.93. The summed E-state index contributed by atoms with van der Waals surface area (Å²) in [5, 5.41) is 6.56. The largest absolute Gasteiger partial charge is 0.465 e. The molecule has 31 heavy (non-hydrogen) atoms. The molecule has 2 aromatic carbocycles. The van der Waals surface area contributed by atoms with Crippen LogP contribution in [-0.4, -0.2) is 24.8 Å². The average Bonchev–Trinajstić information content (AvgIpc) is 3.45. The van der Waals surface area contributed by atoms with Gasteiger partial charge in [-0.05, 0) is 60.2 Å². The minimum Gasteiger partial charge on any atom is -0.465 e. The number of hydrogen-bond donors (Lipinski definition) is 2. The number of halogens is 1. The van der Waals surface area contributed by atoms with Gasteiger partial charge < -0.3 is 19.2 Å². The van der Waals surface area contributed by atoms with Gasteiger partial charge in [0.2, 0.25) is 6.79 Å². The second-order valence-electron chi connectivity index (χ2n) is 6.35. The molecule has 0 unspecified atom stereocenters. The molecule has 2 heterocycles. The van der Waals surface area contributed by atoms with Crippen molar-refractivity contribution in [3.63, 3.8) is 0 Å². The Balaban J connectivity index is 1.47. The van der Waals surface area contributed by atoms with E-state index in [0.717, 1.165) is 4.47 Å². The van der Waals surface area contributed by atoms with E-state index in [-0.39, 0.29) is 12.5 Å². The van der Waals surface area contributed by atoms with E-state index in [2.05, 4.69) is 31.8 Å². The molecule has 0 saturated carbocycles. The zero-order valence-corrected chi connectivity index (χ0v) is 17.6. The van der Waals surface area contributed by atoms with Gasteiger partial charge in [-0.15, -0.1) is 0 Å². The summed E-state index contributed by atoms with van der Waals surface area (Å²) in [7, 11) is 0. The maximum Gasteiger partial charge on any atom is 0.288 e. The third-order valence-electron chi connectivity index (χ3n) is 4.21. The molecule has 4 rings (SSSR count). The van der Waals surface area contributed by atoms with Crippen LogP contribution in [0.2, 0.25) is 0 Å². The topological polar surface area (TPSA) is 102 Å². The number of nitrogens with zero attached hydrogens (tertiary/aromatic N) is 1. The van der Waals surface area contributed by atoms with Crippen molar-refractivity contribution in [2.45, 2.75) is 0 Å². The summed E-state index contributed by atoms with van der Waals surface area (Å²) in [5.74, 6) is 0.607. The highest BCUT2D eigenvalue weighted by atomic mass is 79.9. The molecule has 1 aromatic heterocycles. The molecule has 3 aromatic rings. The highest BCUT2D eigenvalue weighted by molar-refractivity contribution is 9.10. The molecule has 0 atom stereocenters. The van der Waals surface area contributed by atoms with Crippen molar-refractivity contribution in [1.82, 2.24) is 10.7 Å². The number of rotatable bonds is 6. The van der Waals surface area contributed by atoms with Gasteiger partial charge in [0.05, 0.1) is 12.5 Å². The third kappa shape index (κ3) is 5.20. The van der Waals surface area contributed by atoms with Crippen molar-refractivity contribution >= 4 is 40.0 Å². The van der Waals surface area contributed by atoms with E-state index in [1.54, 1.807) is 54.6 Å². The number of ether oxygens (including phenoxy) is 2. The Morgan fingerprint density at radius 1 is 1.03 bits per heavy atom. The zero-order valence-electron chi connectivity index (χ0n) is 16.0. The summed E-state index contributed by atoms with van der Waals surface area (Å²) < 4.78 is 16.7. The van der Waals surface area contributed by atoms with E-state index in [1.807, 2.05) is 0 Å². The van der Waals surface area contributed by atoms with Gasteiger partial charge in [-0.2, -0.15) is 5.10 Å². The molecule has 2 N–H and O–H groups in total. The first kappa shape index (κ1) is 20.4. The van der Waals surface area contributed by atoms with Crippen LogP contribution in [0.1, 0.15) is 21.7 Å². The van der Waals surface area contributed by atoms with E-state index >= 15 is 0 Å². The van der Waals surface area contributed by atoms with Crippen molar-refractivity contribution in [3.05, 3.63) is 87.9 Å². The summed E-state index contributed by atoms with van der Waals surface area (Å²) in [6, 6.07) is 15.4. The molecule has 9 heteroatoms. The van der Waals surface area contributed by atoms with Gasteiger partial charge in [0.1, 0.15) is 11.5 Å². The second-order valence-corrected chi connectivity index (χ2v) is 7.26. The lowest BCUT2D eigenvalue weighted by Crippen LogP contribution is -2.32. The fourth-order valence-corrected chi connectivity index (χ4v) is 2.95. The van der Waals surface area contributed by atoms with Crippen LogP contribution in [0.5, 0.6) is 11.5 Å². The standard InChI is InChI=1S/C22H16BrN3O5/c23-16-6-4-15(5-7-16)21(27)25-18(11-17-2-1-9-29-17)22(28)26-24-12-14-3-8-19-20(10-14)31-13-30-19/h1-12H,13H2,(H,25,27)(H,26,28). The average molecular weight is 482 g/mol. The van der Waals surface area contributed by atoms with Crippen LogP contribution in [0.3, 0.4) is 0 Å². The fourth-order valence-electron chi connectivity index (χ4n) is 2.69. The SMILES string of the molecule is O=C(NN=Cc1ccc2c(c1)OCO2)C(=Cc1ccco1)NC(=O)c1ccc(Br)cc1. The van der Waals surface area contributed by atoms with Gasteiger partial charge in [-0.1, -0.05) is 15.9 Å². The number of amides is 2. The minimum atomic E-state index is -0.612. The van der Waals surface area contributed by atoms with E-state index in [4.69, 9.17) is 13.9 Å². The lowest BCUT2D eigenvalue weighted by Gasteiger charge is -2.08. The molecule has 0 saturated heterocycles. The van der Waals surface area contributed by atoms with Crippen molar-refractivity contribution in [2.24, 2.45) is 5.10 Å². The predicted octanol–water partition coefficient (Wildman–Crippen LogP) is 3.69. The van der Waals surface area contributed by atoms with Crippen LogP contribution in [0.4, 0.5) is 0 Å². The number of benzene rings is 2. The Bertz CT molecular complexity index is 1150. The molecule has 0 bridgehead atoms. The Kier molecular flexibility index (Phi) is 6.13. The molecule has 0 aliphatic carbocycles. The van der Waals surface area contributed by atoms with Gasteiger partial charge in [-0.25, -0.2) is 5.43 Å². The summed E-state index contributed by atoms with van der Waals surface area (Å²) in [6.45, 7) is 0.172. The van der Waals surface area contributed by atoms with Gasteiger partial charge in [-0.3, -0.25) is 9.59 Å². The fraction of sp³-hybridized carbons (Fsp3) is 0.0455. The van der Waals surface area contributed by atoms with E-state index < -0.39 is 11.8 Å². The van der Waals surface area contributed by atoms with Crippen LogP contribution in [0.15, 0.2) is 80.5 Å². The number of hydrazone groups is 1. The van der Waals surface area contributed by atoms with Crippen molar-refractivity contribution < 1.29 is 23.5 Å². The molecule has 0 radical (unpaired) electrons. The highest BCUT2D eigenvalue weighted by Crippen LogP contribution is 2.31. The number of nitrogens with one attached hydrogen (secondary N) is 2. The number of hydrogen-bond acceptors (Lipinski definition) is 6. The van der Waals surface area contributed by atoms with Crippen molar-refractivity contribution in [1.29, 1.82) is 0 Å². The normalized spacial score (nSPS) is 12.7. The second kappa shape index (κ2) is 9.31. The molecule has 156 valence electrons. The summed E-state index contributed by atoms with van der Waals surface area (Å²) >= 11 is 3.32. The maximum absolute atomic E-state index is 12.7. The van der Waals surface area contributed by atoms with Crippen LogP contribution in [0, 0.1) is 0 Å². The molecular formula is C22H16BrN3O5. The van der Waals surface area contributed by atoms with Crippen LogP contribution in [-0.2, 0) is 4.79 Å². The van der Waals surface area contributed by atoms with Gasteiger partial charge in [0.15, 0.2) is 11.5 Å². The third-order valence-corrected chi connectivity index (χ3v) is 4.73. The first-order chi connectivity index (χ1) is 15.1. The zero-order chi connectivity index (χ0) is 21.6. The molecule has 1 aliphatic heterocycles. The summed E-state index contributed by atoms with van der Waals surface area (Å²) in [6.07, 6.45) is 4.35. The quantitative estimate of drug-likeness (QED) is 0.317. The summed E-state index contributed by atoms with van der Waals surface area (Å²) in [4.78, 5) is 25.2. The Labute approximate surface area is 185 Å².